The average molecular weight is 377 g/mol. The summed E-state index contributed by atoms with van der Waals surface area (Å²) in [5.74, 6) is -0.0692. The molecule has 1 atom stereocenters. The molecule has 1 heterocycles. The van der Waals surface area contributed by atoms with Gasteiger partial charge in [0.25, 0.3) is 5.56 Å². The Morgan fingerprint density at radius 1 is 1.11 bits per heavy atom. The molecule has 0 spiro atoms. The number of nitrogens with zero attached hydrogens (tertiary/aromatic N) is 1. The Morgan fingerprint density at radius 3 is 2.50 bits per heavy atom. The molecule has 0 radical (unpaired) electrons. The van der Waals surface area contributed by atoms with Crippen LogP contribution in [-0.4, -0.2) is 36.4 Å². The minimum atomic E-state index is -0.360. The summed E-state index contributed by atoms with van der Waals surface area (Å²) >= 11 is 0. The number of aromatic nitrogens is 1. The molecule has 5 heteroatoms. The number of carbonyl (C=O) groups is 1. The molecule has 2 N–H and O–H groups in total. The fourth-order valence-electron chi connectivity index (χ4n) is 3.64. The molecule has 1 amide bonds. The van der Waals surface area contributed by atoms with Crippen molar-refractivity contribution in [1.29, 1.82) is 0 Å². The fraction of sp³-hybridized carbons (Fsp3) is 0.304. The topological polar surface area (TPSA) is 65.2 Å². The summed E-state index contributed by atoms with van der Waals surface area (Å²) < 4.78 is 0. The summed E-state index contributed by atoms with van der Waals surface area (Å²) in [5, 5.41) is 4.02. The van der Waals surface area contributed by atoms with E-state index in [1.165, 1.54) is 0 Å². The van der Waals surface area contributed by atoms with E-state index in [2.05, 4.69) is 16.4 Å². The minimum Gasteiger partial charge on any atom is -0.354 e. The second-order valence-corrected chi connectivity index (χ2v) is 7.48. The number of hydrogen-bond donors (Lipinski definition) is 2. The summed E-state index contributed by atoms with van der Waals surface area (Å²) in [4.78, 5) is 30.0. The molecule has 146 valence electrons. The molecule has 1 aromatic heterocycles. The third kappa shape index (κ3) is 4.31. The first-order valence-corrected chi connectivity index (χ1v) is 9.49. The van der Waals surface area contributed by atoms with Crippen LogP contribution in [0.2, 0.25) is 0 Å². The van der Waals surface area contributed by atoms with E-state index in [4.69, 9.17) is 0 Å². The Hall–Kier alpha value is -2.92. The summed E-state index contributed by atoms with van der Waals surface area (Å²) in [5.41, 5.74) is 4.64. The van der Waals surface area contributed by atoms with E-state index < -0.39 is 0 Å². The summed E-state index contributed by atoms with van der Waals surface area (Å²) in [6.45, 7) is 4.47. The molecule has 0 bridgehead atoms. The number of H-pyrrole nitrogens is 1. The van der Waals surface area contributed by atoms with Gasteiger partial charge in [0.15, 0.2) is 0 Å². The number of fused-ring (bicyclic) bond motifs is 1. The van der Waals surface area contributed by atoms with Crippen LogP contribution in [0.1, 0.15) is 28.3 Å². The van der Waals surface area contributed by atoms with E-state index in [1.54, 1.807) is 0 Å². The number of nitrogens with one attached hydrogen (secondary N) is 2. The number of pyridine rings is 1. The van der Waals surface area contributed by atoms with Crippen LogP contribution in [0.15, 0.2) is 53.3 Å². The predicted molar refractivity (Wildman–Crippen MR) is 114 cm³/mol. The van der Waals surface area contributed by atoms with Gasteiger partial charge in [-0.25, -0.2) is 0 Å². The number of likely N-dealkylation sites (N-methyl/N-ethyl adjacent to an activating group) is 1. The molecule has 28 heavy (non-hydrogen) atoms. The van der Waals surface area contributed by atoms with Crippen LogP contribution < -0.4 is 10.9 Å². The van der Waals surface area contributed by atoms with Gasteiger partial charge in [-0.15, -0.1) is 0 Å². The molecular formula is C23H27N3O2. The molecule has 0 fully saturated rings. The highest BCUT2D eigenvalue weighted by Crippen LogP contribution is 2.19. The monoisotopic (exact) mass is 377 g/mol. The smallest absolute Gasteiger partial charge is 0.251 e. The first-order valence-electron chi connectivity index (χ1n) is 9.49. The molecule has 3 aromatic rings. The third-order valence-electron chi connectivity index (χ3n) is 4.96. The van der Waals surface area contributed by atoms with Crippen molar-refractivity contribution in [1.82, 2.24) is 15.2 Å². The van der Waals surface area contributed by atoms with Crippen molar-refractivity contribution in [3.8, 4) is 0 Å². The van der Waals surface area contributed by atoms with E-state index in [-0.39, 0.29) is 17.5 Å². The van der Waals surface area contributed by atoms with Crippen molar-refractivity contribution in [2.75, 3.05) is 20.6 Å². The van der Waals surface area contributed by atoms with Crippen LogP contribution in [0.3, 0.4) is 0 Å². The SMILES string of the molecule is Cc1cc(C)c2cc(CCNC(=O)C(c3ccccc3)N(C)C)c(=O)[nH]c2c1. The van der Waals surface area contributed by atoms with Crippen LogP contribution >= 0.6 is 0 Å². The predicted octanol–water partition coefficient (Wildman–Crippen LogP) is 3.11. The van der Waals surface area contributed by atoms with Crippen molar-refractivity contribution < 1.29 is 4.79 Å². The molecule has 0 aliphatic rings. The third-order valence-corrected chi connectivity index (χ3v) is 4.96. The summed E-state index contributed by atoms with van der Waals surface area (Å²) in [6.07, 6.45) is 0.485. The number of aromatic amines is 1. The molecule has 0 aliphatic carbocycles. The second-order valence-electron chi connectivity index (χ2n) is 7.48. The minimum absolute atomic E-state index is 0.0692. The zero-order valence-corrected chi connectivity index (χ0v) is 16.9. The lowest BCUT2D eigenvalue weighted by Crippen LogP contribution is -2.38. The molecule has 0 aliphatic heterocycles. The van der Waals surface area contributed by atoms with Crippen LogP contribution in [0.5, 0.6) is 0 Å². The molecule has 5 nitrogen and oxygen atoms in total. The molecule has 1 unspecified atom stereocenters. The van der Waals surface area contributed by atoms with E-state index >= 15 is 0 Å². The normalized spacial score (nSPS) is 12.3. The second kappa shape index (κ2) is 8.40. The Balaban J connectivity index is 1.73. The maximum Gasteiger partial charge on any atom is 0.251 e. The highest BCUT2D eigenvalue weighted by molar-refractivity contribution is 5.84. The number of carbonyl (C=O) groups excluding carboxylic acids is 1. The van der Waals surface area contributed by atoms with Crippen LogP contribution in [0, 0.1) is 13.8 Å². The summed E-state index contributed by atoms with van der Waals surface area (Å²) in [6, 6.07) is 15.4. The number of benzene rings is 2. The first-order chi connectivity index (χ1) is 13.4. The van der Waals surface area contributed by atoms with Gasteiger partial charge >= 0.3 is 0 Å². The lowest BCUT2D eigenvalue weighted by atomic mass is 10.0. The van der Waals surface area contributed by atoms with Gasteiger partial charge in [0.2, 0.25) is 5.91 Å². The van der Waals surface area contributed by atoms with Gasteiger partial charge in [0.1, 0.15) is 6.04 Å². The molecule has 0 saturated carbocycles. The van der Waals surface area contributed by atoms with Gasteiger partial charge in [-0.2, -0.15) is 0 Å². The highest BCUT2D eigenvalue weighted by atomic mass is 16.2. The van der Waals surface area contributed by atoms with Gasteiger partial charge in [0, 0.05) is 23.0 Å². The van der Waals surface area contributed by atoms with E-state index in [1.807, 2.05) is 75.3 Å². The first kappa shape index (κ1) is 19.8. The molecule has 0 saturated heterocycles. The van der Waals surface area contributed by atoms with Gasteiger partial charge in [0.05, 0.1) is 0 Å². The van der Waals surface area contributed by atoms with Crippen LogP contribution in [0.25, 0.3) is 10.9 Å². The zero-order valence-electron chi connectivity index (χ0n) is 16.9. The molecule has 3 rings (SSSR count). The fourth-order valence-corrected chi connectivity index (χ4v) is 3.64. The highest BCUT2D eigenvalue weighted by Gasteiger charge is 2.22. The number of rotatable bonds is 6. The van der Waals surface area contributed by atoms with Gasteiger partial charge < -0.3 is 10.3 Å². The maximum absolute atomic E-state index is 12.7. The Morgan fingerprint density at radius 2 is 1.82 bits per heavy atom. The maximum atomic E-state index is 12.7. The average Bonchev–Trinajstić information content (AvgIpc) is 2.63. The van der Waals surface area contributed by atoms with Crippen molar-refractivity contribution >= 4 is 16.8 Å². The quantitative estimate of drug-likeness (QED) is 0.694. The Kier molecular flexibility index (Phi) is 5.95. The van der Waals surface area contributed by atoms with Crippen molar-refractivity contribution in [3.05, 3.63) is 81.1 Å². The lowest BCUT2D eigenvalue weighted by Gasteiger charge is -2.23. The summed E-state index contributed by atoms with van der Waals surface area (Å²) in [7, 11) is 3.77. The van der Waals surface area contributed by atoms with Crippen molar-refractivity contribution in [2.24, 2.45) is 0 Å². The Labute approximate surface area is 165 Å². The lowest BCUT2D eigenvalue weighted by molar-refractivity contribution is -0.125. The van der Waals surface area contributed by atoms with Crippen molar-refractivity contribution in [3.63, 3.8) is 0 Å². The Bertz CT molecular complexity index is 1040. The zero-order chi connectivity index (χ0) is 20.3. The number of aryl methyl sites for hydroxylation is 2. The van der Waals surface area contributed by atoms with E-state index in [9.17, 15) is 9.59 Å². The molecular weight excluding hydrogens is 350 g/mol. The van der Waals surface area contributed by atoms with Crippen molar-refractivity contribution in [2.45, 2.75) is 26.3 Å². The van der Waals surface area contributed by atoms with Crippen LogP contribution in [-0.2, 0) is 11.2 Å². The van der Waals surface area contributed by atoms with Crippen LogP contribution in [0.4, 0.5) is 0 Å². The standard InChI is InChI=1S/C23H27N3O2/c1-15-12-16(2)19-14-18(22(27)25-20(19)13-15)10-11-24-23(28)21(26(3)4)17-8-6-5-7-9-17/h5-9,12-14,21H,10-11H2,1-4H3,(H,24,28)(H,25,27). The van der Waals surface area contributed by atoms with Gasteiger partial charge in [-0.3, -0.25) is 14.5 Å². The largest absolute Gasteiger partial charge is 0.354 e. The number of hydrogen-bond acceptors (Lipinski definition) is 3. The van der Waals surface area contributed by atoms with Gasteiger partial charge in [-0.05, 0) is 63.2 Å². The van der Waals surface area contributed by atoms with E-state index in [0.717, 1.165) is 27.6 Å². The van der Waals surface area contributed by atoms with Gasteiger partial charge in [-0.1, -0.05) is 36.4 Å². The molecule has 2 aromatic carbocycles. The van der Waals surface area contributed by atoms with E-state index in [0.29, 0.717) is 18.5 Å². The number of amides is 1.